The zero-order valence-electron chi connectivity index (χ0n) is 13.0. The molecule has 1 aromatic rings. The summed E-state index contributed by atoms with van der Waals surface area (Å²) in [5, 5.41) is 0.565. The number of ether oxygens (including phenoxy) is 1. The van der Waals surface area contributed by atoms with Gasteiger partial charge in [0, 0.05) is 11.3 Å². The fraction of sp³-hybridized carbons (Fsp3) is 0.625. The third-order valence-corrected chi connectivity index (χ3v) is 4.56. The first-order chi connectivity index (χ1) is 9.78. The largest absolute Gasteiger partial charge is 0.444 e. The van der Waals surface area contributed by atoms with Gasteiger partial charge in [-0.2, -0.15) is 0 Å². The van der Waals surface area contributed by atoms with Crippen molar-refractivity contribution in [3.63, 3.8) is 0 Å². The number of carbonyl (C=O) groups is 1. The number of carbonyl (C=O) groups excluding carboxylic acids is 1. The van der Waals surface area contributed by atoms with Crippen molar-refractivity contribution in [3.05, 3.63) is 27.5 Å². The fourth-order valence-electron chi connectivity index (χ4n) is 3.26. The lowest BCUT2D eigenvalue weighted by atomic mass is 9.89. The molecule has 0 N–H and O–H groups in total. The molecule has 0 saturated heterocycles. The van der Waals surface area contributed by atoms with Crippen LogP contribution in [0.4, 0.5) is 4.79 Å². The predicted molar refractivity (Wildman–Crippen MR) is 81.4 cm³/mol. The summed E-state index contributed by atoms with van der Waals surface area (Å²) in [6, 6.07) is 0.0991. The van der Waals surface area contributed by atoms with Crippen LogP contribution in [0.15, 0.2) is 0 Å². The van der Waals surface area contributed by atoms with Crippen LogP contribution in [-0.2, 0) is 17.7 Å². The van der Waals surface area contributed by atoms with Gasteiger partial charge in [-0.25, -0.2) is 9.78 Å². The average Bonchev–Trinajstić information content (AvgIpc) is 2.75. The highest BCUT2D eigenvalue weighted by molar-refractivity contribution is 6.30. The second-order valence-electron chi connectivity index (χ2n) is 6.88. The first-order valence-corrected chi connectivity index (χ1v) is 7.83. The summed E-state index contributed by atoms with van der Waals surface area (Å²) in [7, 11) is 0. The van der Waals surface area contributed by atoms with Crippen molar-refractivity contribution in [2.45, 2.75) is 65.1 Å². The smallest absolute Gasteiger partial charge is 0.411 e. The highest BCUT2D eigenvalue weighted by Crippen LogP contribution is 2.45. The van der Waals surface area contributed by atoms with Gasteiger partial charge >= 0.3 is 6.09 Å². The Hall–Kier alpha value is -1.29. The maximum atomic E-state index is 12.5. The van der Waals surface area contributed by atoms with Gasteiger partial charge in [-0.15, -0.1) is 0 Å². The number of rotatable bonds is 0. The monoisotopic (exact) mass is 308 g/mol. The van der Waals surface area contributed by atoms with E-state index in [1.807, 2.05) is 32.6 Å². The molecule has 114 valence electrons. The van der Waals surface area contributed by atoms with Gasteiger partial charge in [0.15, 0.2) is 0 Å². The first-order valence-electron chi connectivity index (χ1n) is 7.45. The summed E-state index contributed by atoms with van der Waals surface area (Å²) < 4.78 is 5.55. The van der Waals surface area contributed by atoms with Crippen molar-refractivity contribution in [2.75, 3.05) is 0 Å². The van der Waals surface area contributed by atoms with Crippen LogP contribution in [0.2, 0.25) is 5.15 Å². The quantitative estimate of drug-likeness (QED) is 0.675. The number of nitrogens with zero attached hydrogens (tertiary/aromatic N) is 2. The molecule has 0 aromatic carbocycles. The molecule has 1 atom stereocenters. The summed E-state index contributed by atoms with van der Waals surface area (Å²) in [6.07, 6.45) is 2.71. The molecule has 2 heterocycles. The Labute approximate surface area is 130 Å². The zero-order chi connectivity index (χ0) is 15.4. The van der Waals surface area contributed by atoms with E-state index in [2.05, 4.69) is 4.98 Å². The fourth-order valence-corrected chi connectivity index (χ4v) is 3.48. The molecular formula is C16H21ClN2O2. The minimum absolute atomic E-state index is 0.0991. The molecule has 1 unspecified atom stereocenters. The lowest BCUT2D eigenvalue weighted by Crippen LogP contribution is -2.36. The minimum Gasteiger partial charge on any atom is -0.444 e. The second kappa shape index (κ2) is 4.87. The third kappa shape index (κ3) is 2.50. The van der Waals surface area contributed by atoms with E-state index in [4.69, 9.17) is 16.3 Å². The molecule has 2 aliphatic rings. The van der Waals surface area contributed by atoms with Crippen LogP contribution < -0.4 is 0 Å². The van der Waals surface area contributed by atoms with Crippen molar-refractivity contribution in [1.82, 2.24) is 9.88 Å². The first kappa shape index (κ1) is 14.6. The lowest BCUT2D eigenvalue weighted by Gasteiger charge is -2.30. The van der Waals surface area contributed by atoms with Crippen LogP contribution in [0.25, 0.3) is 0 Å². The highest BCUT2D eigenvalue weighted by Gasteiger charge is 2.40. The lowest BCUT2D eigenvalue weighted by molar-refractivity contribution is 0.0158. The van der Waals surface area contributed by atoms with Crippen molar-refractivity contribution in [1.29, 1.82) is 0 Å². The molecule has 5 heteroatoms. The topological polar surface area (TPSA) is 42.4 Å². The number of aryl methyl sites for hydroxylation is 1. The van der Waals surface area contributed by atoms with Crippen LogP contribution in [0.5, 0.6) is 0 Å². The van der Waals surface area contributed by atoms with Crippen molar-refractivity contribution < 1.29 is 9.53 Å². The Morgan fingerprint density at radius 3 is 2.81 bits per heavy atom. The number of amides is 1. The van der Waals surface area contributed by atoms with Gasteiger partial charge in [0.2, 0.25) is 0 Å². The van der Waals surface area contributed by atoms with Crippen LogP contribution in [0, 0.1) is 6.92 Å². The summed E-state index contributed by atoms with van der Waals surface area (Å²) >= 11 is 6.24. The molecule has 3 rings (SSSR count). The van der Waals surface area contributed by atoms with Gasteiger partial charge in [-0.1, -0.05) is 11.6 Å². The number of pyridine rings is 1. The number of hydrogen-bond acceptors (Lipinski definition) is 3. The van der Waals surface area contributed by atoms with E-state index in [0.717, 1.165) is 30.5 Å². The molecule has 1 aromatic heterocycles. The molecule has 0 bridgehead atoms. The minimum atomic E-state index is -0.478. The SMILES string of the molecule is Cc1c(Cl)nc2c3c1CN(C(=O)OC(C)(C)C)C3CCC2. The normalized spacial score (nSPS) is 20.4. The van der Waals surface area contributed by atoms with E-state index in [1.54, 1.807) is 0 Å². The Balaban J connectivity index is 1.98. The Kier molecular flexibility index (Phi) is 3.40. The van der Waals surface area contributed by atoms with Gasteiger partial charge in [-0.3, -0.25) is 4.90 Å². The maximum Gasteiger partial charge on any atom is 0.411 e. The molecule has 0 fully saturated rings. The molecule has 1 aliphatic carbocycles. The molecular weight excluding hydrogens is 288 g/mol. The van der Waals surface area contributed by atoms with Crippen molar-refractivity contribution in [3.8, 4) is 0 Å². The molecule has 1 aliphatic heterocycles. The summed E-state index contributed by atoms with van der Waals surface area (Å²) in [4.78, 5) is 18.8. The highest BCUT2D eigenvalue weighted by atomic mass is 35.5. The average molecular weight is 309 g/mol. The molecule has 0 spiro atoms. The van der Waals surface area contributed by atoms with Crippen LogP contribution in [0.3, 0.4) is 0 Å². The zero-order valence-corrected chi connectivity index (χ0v) is 13.8. The van der Waals surface area contributed by atoms with Crippen LogP contribution in [-0.4, -0.2) is 21.6 Å². The van der Waals surface area contributed by atoms with Crippen molar-refractivity contribution in [2.24, 2.45) is 0 Å². The van der Waals surface area contributed by atoms with Crippen molar-refractivity contribution >= 4 is 17.7 Å². The molecule has 0 saturated carbocycles. The van der Waals surface area contributed by atoms with E-state index in [0.29, 0.717) is 11.7 Å². The number of aromatic nitrogens is 1. The second-order valence-corrected chi connectivity index (χ2v) is 7.24. The standard InChI is InChI=1S/C16H21ClN2O2/c1-9-10-8-19(15(20)21-16(2,3)4)12-7-5-6-11(13(10)12)18-14(9)17/h12H,5-8H2,1-4H3. The van der Waals surface area contributed by atoms with E-state index in [1.165, 1.54) is 11.1 Å². The number of halogens is 1. The molecule has 1 amide bonds. The van der Waals surface area contributed by atoms with Gasteiger partial charge < -0.3 is 4.74 Å². The maximum absolute atomic E-state index is 12.5. The molecule has 0 radical (unpaired) electrons. The van der Waals surface area contributed by atoms with Gasteiger partial charge in [0.05, 0.1) is 12.6 Å². The summed E-state index contributed by atoms with van der Waals surface area (Å²) in [5.41, 5.74) is 3.96. The van der Waals surface area contributed by atoms with E-state index >= 15 is 0 Å². The van der Waals surface area contributed by atoms with Gasteiger partial charge in [0.1, 0.15) is 10.8 Å². The Morgan fingerprint density at radius 1 is 1.43 bits per heavy atom. The third-order valence-electron chi connectivity index (χ3n) is 4.19. The summed E-state index contributed by atoms with van der Waals surface area (Å²) in [6.45, 7) is 8.24. The van der Waals surface area contributed by atoms with Gasteiger partial charge in [-0.05, 0) is 58.1 Å². The molecule has 21 heavy (non-hydrogen) atoms. The summed E-state index contributed by atoms with van der Waals surface area (Å²) in [5.74, 6) is 0. The van der Waals surface area contributed by atoms with Crippen LogP contribution in [0.1, 0.15) is 62.0 Å². The predicted octanol–water partition coefficient (Wildman–Crippen LogP) is 4.17. The number of hydrogen-bond donors (Lipinski definition) is 0. The Bertz CT molecular complexity index is 607. The van der Waals surface area contributed by atoms with Crippen LogP contribution >= 0.6 is 11.6 Å². The van der Waals surface area contributed by atoms with E-state index in [-0.39, 0.29) is 12.1 Å². The Morgan fingerprint density at radius 2 is 2.14 bits per heavy atom. The van der Waals surface area contributed by atoms with Gasteiger partial charge in [0.25, 0.3) is 0 Å². The van der Waals surface area contributed by atoms with E-state index in [9.17, 15) is 4.79 Å². The van der Waals surface area contributed by atoms with E-state index < -0.39 is 5.60 Å². The molecule has 4 nitrogen and oxygen atoms in total.